The standard InChI is InChI=1S/C11H19N3S/c1-14(9-5-3-2-4-6-9)11-13-8-10(7-12)15-11/h8-9H,2-7,12H2,1H3. The van der Waals surface area contributed by atoms with Crippen molar-refractivity contribution in [2.75, 3.05) is 11.9 Å². The Morgan fingerprint density at radius 1 is 1.47 bits per heavy atom. The number of nitrogens with two attached hydrogens (primary N) is 1. The second-order valence-corrected chi connectivity index (χ2v) is 5.31. The van der Waals surface area contributed by atoms with Crippen molar-refractivity contribution in [3.8, 4) is 0 Å². The summed E-state index contributed by atoms with van der Waals surface area (Å²) in [6.07, 6.45) is 8.66. The summed E-state index contributed by atoms with van der Waals surface area (Å²) in [4.78, 5) is 7.94. The number of hydrogen-bond donors (Lipinski definition) is 1. The van der Waals surface area contributed by atoms with E-state index < -0.39 is 0 Å². The molecule has 0 amide bonds. The third-order valence-electron chi connectivity index (χ3n) is 3.17. The van der Waals surface area contributed by atoms with Crippen molar-refractivity contribution < 1.29 is 0 Å². The number of thiazole rings is 1. The van der Waals surface area contributed by atoms with Gasteiger partial charge in [0.05, 0.1) is 0 Å². The molecule has 0 spiro atoms. The quantitative estimate of drug-likeness (QED) is 0.858. The van der Waals surface area contributed by atoms with Gasteiger partial charge in [-0.1, -0.05) is 19.3 Å². The fourth-order valence-electron chi connectivity index (χ4n) is 2.18. The molecule has 0 atom stereocenters. The van der Waals surface area contributed by atoms with Gasteiger partial charge < -0.3 is 10.6 Å². The molecule has 1 aromatic heterocycles. The van der Waals surface area contributed by atoms with Gasteiger partial charge >= 0.3 is 0 Å². The molecule has 1 aliphatic carbocycles. The van der Waals surface area contributed by atoms with Crippen LogP contribution in [0.4, 0.5) is 5.13 Å². The summed E-state index contributed by atoms with van der Waals surface area (Å²) in [6.45, 7) is 0.607. The smallest absolute Gasteiger partial charge is 0.185 e. The largest absolute Gasteiger partial charge is 0.348 e. The Morgan fingerprint density at radius 3 is 2.80 bits per heavy atom. The second kappa shape index (κ2) is 4.94. The molecule has 2 rings (SSSR count). The minimum absolute atomic E-state index is 0.607. The lowest BCUT2D eigenvalue weighted by atomic mass is 9.95. The van der Waals surface area contributed by atoms with Crippen LogP contribution >= 0.6 is 11.3 Å². The van der Waals surface area contributed by atoms with E-state index in [0.717, 1.165) is 5.13 Å². The third kappa shape index (κ3) is 2.49. The van der Waals surface area contributed by atoms with Gasteiger partial charge in [0.1, 0.15) is 0 Å². The molecular weight excluding hydrogens is 206 g/mol. The number of nitrogens with zero attached hydrogens (tertiary/aromatic N) is 2. The van der Waals surface area contributed by atoms with Crippen LogP contribution < -0.4 is 10.6 Å². The lowest BCUT2D eigenvalue weighted by molar-refractivity contribution is 0.427. The van der Waals surface area contributed by atoms with Gasteiger partial charge in [0, 0.05) is 30.7 Å². The van der Waals surface area contributed by atoms with E-state index in [1.165, 1.54) is 37.0 Å². The van der Waals surface area contributed by atoms with Gasteiger partial charge in [-0.2, -0.15) is 0 Å². The maximum atomic E-state index is 5.59. The highest BCUT2D eigenvalue weighted by Crippen LogP contribution is 2.28. The number of anilines is 1. The van der Waals surface area contributed by atoms with E-state index in [0.29, 0.717) is 12.6 Å². The van der Waals surface area contributed by atoms with Crippen LogP contribution in [0.2, 0.25) is 0 Å². The normalized spacial score (nSPS) is 18.0. The van der Waals surface area contributed by atoms with Crippen molar-refractivity contribution >= 4 is 16.5 Å². The predicted octanol–water partition coefficient (Wildman–Crippen LogP) is 2.37. The molecule has 4 heteroatoms. The van der Waals surface area contributed by atoms with Gasteiger partial charge in [-0.25, -0.2) is 4.98 Å². The molecule has 0 saturated heterocycles. The Hall–Kier alpha value is -0.610. The van der Waals surface area contributed by atoms with E-state index in [-0.39, 0.29) is 0 Å². The van der Waals surface area contributed by atoms with Crippen LogP contribution in [0.25, 0.3) is 0 Å². The summed E-state index contributed by atoms with van der Waals surface area (Å²) in [5.74, 6) is 0. The zero-order chi connectivity index (χ0) is 10.7. The fourth-order valence-corrected chi connectivity index (χ4v) is 3.00. The Bertz CT molecular complexity index is 305. The van der Waals surface area contributed by atoms with Crippen molar-refractivity contribution in [3.05, 3.63) is 11.1 Å². The average Bonchev–Trinajstić information content (AvgIpc) is 2.78. The lowest BCUT2D eigenvalue weighted by Gasteiger charge is -2.30. The minimum Gasteiger partial charge on any atom is -0.348 e. The zero-order valence-corrected chi connectivity index (χ0v) is 10.1. The number of aromatic nitrogens is 1. The highest BCUT2D eigenvalue weighted by molar-refractivity contribution is 7.15. The van der Waals surface area contributed by atoms with Crippen molar-refractivity contribution in [2.24, 2.45) is 5.73 Å². The summed E-state index contributed by atoms with van der Waals surface area (Å²) >= 11 is 1.72. The maximum absolute atomic E-state index is 5.59. The molecule has 1 heterocycles. The van der Waals surface area contributed by atoms with Crippen molar-refractivity contribution in [2.45, 2.75) is 44.7 Å². The molecule has 0 aromatic carbocycles. The summed E-state index contributed by atoms with van der Waals surface area (Å²) in [5.41, 5.74) is 5.59. The monoisotopic (exact) mass is 225 g/mol. The SMILES string of the molecule is CN(c1ncc(CN)s1)C1CCCCC1. The van der Waals surface area contributed by atoms with Crippen LogP contribution in [-0.2, 0) is 6.54 Å². The van der Waals surface area contributed by atoms with Gasteiger partial charge in [0.15, 0.2) is 5.13 Å². The molecule has 84 valence electrons. The van der Waals surface area contributed by atoms with Crippen molar-refractivity contribution in [3.63, 3.8) is 0 Å². The highest BCUT2D eigenvalue weighted by Gasteiger charge is 2.20. The van der Waals surface area contributed by atoms with E-state index in [1.807, 2.05) is 6.20 Å². The van der Waals surface area contributed by atoms with Crippen LogP contribution in [0, 0.1) is 0 Å². The van der Waals surface area contributed by atoms with E-state index in [4.69, 9.17) is 5.73 Å². The molecule has 1 saturated carbocycles. The zero-order valence-electron chi connectivity index (χ0n) is 9.28. The maximum Gasteiger partial charge on any atom is 0.185 e. The van der Waals surface area contributed by atoms with Gasteiger partial charge in [-0.15, -0.1) is 11.3 Å². The first kappa shape index (κ1) is 10.9. The van der Waals surface area contributed by atoms with Crippen LogP contribution in [0.1, 0.15) is 37.0 Å². The highest BCUT2D eigenvalue weighted by atomic mass is 32.1. The van der Waals surface area contributed by atoms with Crippen LogP contribution in [0.15, 0.2) is 6.20 Å². The molecule has 0 unspecified atom stereocenters. The molecule has 2 N–H and O–H groups in total. The van der Waals surface area contributed by atoms with Crippen molar-refractivity contribution in [1.29, 1.82) is 0 Å². The predicted molar refractivity (Wildman–Crippen MR) is 65.3 cm³/mol. The molecule has 0 bridgehead atoms. The second-order valence-electron chi connectivity index (χ2n) is 4.22. The molecule has 0 aliphatic heterocycles. The van der Waals surface area contributed by atoms with Gasteiger partial charge in [0.2, 0.25) is 0 Å². The molecule has 15 heavy (non-hydrogen) atoms. The molecule has 0 radical (unpaired) electrons. The topological polar surface area (TPSA) is 42.2 Å². The first-order valence-corrected chi connectivity index (χ1v) is 6.50. The third-order valence-corrected chi connectivity index (χ3v) is 4.28. The first-order chi connectivity index (χ1) is 7.31. The molecular formula is C11H19N3S. The van der Waals surface area contributed by atoms with Gasteiger partial charge in [-0.05, 0) is 12.8 Å². The first-order valence-electron chi connectivity index (χ1n) is 5.69. The summed E-state index contributed by atoms with van der Waals surface area (Å²) in [5, 5.41) is 1.13. The number of hydrogen-bond acceptors (Lipinski definition) is 4. The van der Waals surface area contributed by atoms with Crippen LogP contribution in [-0.4, -0.2) is 18.1 Å². The van der Waals surface area contributed by atoms with Crippen LogP contribution in [0.3, 0.4) is 0 Å². The van der Waals surface area contributed by atoms with E-state index >= 15 is 0 Å². The van der Waals surface area contributed by atoms with Gasteiger partial charge in [0.25, 0.3) is 0 Å². The lowest BCUT2D eigenvalue weighted by Crippen LogP contribution is -2.33. The minimum atomic E-state index is 0.607. The van der Waals surface area contributed by atoms with E-state index in [9.17, 15) is 0 Å². The van der Waals surface area contributed by atoms with E-state index in [1.54, 1.807) is 11.3 Å². The summed E-state index contributed by atoms with van der Waals surface area (Å²) in [6, 6.07) is 0.690. The fraction of sp³-hybridized carbons (Fsp3) is 0.727. The molecule has 1 aliphatic rings. The summed E-state index contributed by atoms with van der Waals surface area (Å²) < 4.78 is 0. The molecule has 3 nitrogen and oxygen atoms in total. The Morgan fingerprint density at radius 2 is 2.20 bits per heavy atom. The Labute approximate surface area is 95.3 Å². The molecule has 1 fully saturated rings. The van der Waals surface area contributed by atoms with E-state index in [2.05, 4.69) is 16.9 Å². The number of rotatable bonds is 3. The Balaban J connectivity index is 2.02. The molecule has 1 aromatic rings. The van der Waals surface area contributed by atoms with Crippen molar-refractivity contribution in [1.82, 2.24) is 4.98 Å². The van der Waals surface area contributed by atoms with Gasteiger partial charge in [-0.3, -0.25) is 0 Å². The Kier molecular flexibility index (Phi) is 3.59. The summed E-state index contributed by atoms with van der Waals surface area (Å²) in [7, 11) is 2.16. The average molecular weight is 225 g/mol. The van der Waals surface area contributed by atoms with Crippen LogP contribution in [0.5, 0.6) is 0 Å².